The topological polar surface area (TPSA) is 62.5 Å². The van der Waals surface area contributed by atoms with Crippen molar-refractivity contribution >= 4 is 11.7 Å². The van der Waals surface area contributed by atoms with Crippen LogP contribution in [0.5, 0.6) is 0 Å². The number of rotatable bonds is 4. The van der Waals surface area contributed by atoms with Crippen LogP contribution in [0.3, 0.4) is 0 Å². The molecule has 0 spiro atoms. The Morgan fingerprint density at radius 2 is 2.00 bits per heavy atom. The van der Waals surface area contributed by atoms with E-state index in [1.54, 1.807) is 17.0 Å². The Bertz CT molecular complexity index is 938. The molecule has 0 aliphatic carbocycles. The van der Waals surface area contributed by atoms with Crippen molar-refractivity contribution in [2.45, 2.75) is 19.9 Å². The average Bonchev–Trinajstić information content (AvgIpc) is 3.27. The van der Waals surface area contributed by atoms with Gasteiger partial charge in [-0.05, 0) is 19.1 Å². The molecule has 0 radical (unpaired) electrons. The summed E-state index contributed by atoms with van der Waals surface area (Å²) in [5.41, 5.74) is 3.04. The normalized spacial score (nSPS) is 13.3. The van der Waals surface area contributed by atoms with E-state index >= 15 is 0 Å². The molecule has 4 rings (SSSR count). The first-order valence-corrected chi connectivity index (χ1v) is 9.16. The van der Waals surface area contributed by atoms with Gasteiger partial charge in [0, 0.05) is 37.7 Å². The molecular formula is C21H22N4O2. The minimum absolute atomic E-state index is 0.0945. The Kier molecular flexibility index (Phi) is 4.62. The van der Waals surface area contributed by atoms with E-state index in [1.165, 1.54) is 6.26 Å². The van der Waals surface area contributed by atoms with Gasteiger partial charge < -0.3 is 14.2 Å². The largest absolute Gasteiger partial charge is 0.459 e. The van der Waals surface area contributed by atoms with Gasteiger partial charge in [0.2, 0.25) is 0 Å². The zero-order chi connectivity index (χ0) is 18.8. The fraction of sp³-hybridized carbons (Fsp3) is 0.286. The zero-order valence-corrected chi connectivity index (χ0v) is 15.6. The van der Waals surface area contributed by atoms with Crippen LogP contribution in [0.1, 0.15) is 28.7 Å². The number of carbonyl (C=O) groups excluding carboxylic acids is 1. The van der Waals surface area contributed by atoms with Crippen molar-refractivity contribution in [3.63, 3.8) is 0 Å². The molecule has 138 valence electrons. The van der Waals surface area contributed by atoms with Crippen molar-refractivity contribution in [1.82, 2.24) is 14.9 Å². The van der Waals surface area contributed by atoms with Gasteiger partial charge in [-0.15, -0.1) is 0 Å². The van der Waals surface area contributed by atoms with Crippen LogP contribution < -0.4 is 4.90 Å². The summed E-state index contributed by atoms with van der Waals surface area (Å²) in [6.45, 7) is 4.02. The first kappa shape index (κ1) is 17.3. The molecule has 27 heavy (non-hydrogen) atoms. The van der Waals surface area contributed by atoms with Crippen LogP contribution >= 0.6 is 0 Å². The number of nitrogens with zero attached hydrogens (tertiary/aromatic N) is 4. The minimum atomic E-state index is -0.0945. The third-order valence-electron chi connectivity index (χ3n) is 4.93. The molecule has 6 nitrogen and oxygen atoms in total. The summed E-state index contributed by atoms with van der Waals surface area (Å²) >= 11 is 0. The Labute approximate surface area is 158 Å². The summed E-state index contributed by atoms with van der Waals surface area (Å²) in [6.07, 6.45) is 2.23. The molecule has 0 saturated carbocycles. The molecule has 0 atom stereocenters. The van der Waals surface area contributed by atoms with E-state index < -0.39 is 0 Å². The summed E-state index contributed by atoms with van der Waals surface area (Å²) in [4.78, 5) is 26.3. The van der Waals surface area contributed by atoms with E-state index in [4.69, 9.17) is 14.4 Å². The van der Waals surface area contributed by atoms with Gasteiger partial charge in [-0.2, -0.15) is 0 Å². The summed E-state index contributed by atoms with van der Waals surface area (Å²) in [5.74, 6) is 1.89. The number of aromatic nitrogens is 2. The number of fused-ring (bicyclic) bond motifs is 1. The van der Waals surface area contributed by atoms with E-state index in [2.05, 4.69) is 11.8 Å². The molecule has 0 N–H and O–H groups in total. The fourth-order valence-corrected chi connectivity index (χ4v) is 3.31. The standard InChI is InChI=1S/C21H22N4O2/c1-3-24(2)20-16-14-25(21(26)18-10-7-13-27-18)12-11-17(16)22-19(23-20)15-8-5-4-6-9-15/h4-10,13H,3,11-12,14H2,1-2H3. The summed E-state index contributed by atoms with van der Waals surface area (Å²) in [5, 5.41) is 0. The first-order chi connectivity index (χ1) is 13.2. The molecule has 3 aromatic rings. The highest BCUT2D eigenvalue weighted by atomic mass is 16.3. The second-order valence-electron chi connectivity index (χ2n) is 6.63. The third-order valence-corrected chi connectivity index (χ3v) is 4.93. The maximum absolute atomic E-state index is 12.7. The van der Waals surface area contributed by atoms with Gasteiger partial charge in [0.05, 0.1) is 18.5 Å². The molecular weight excluding hydrogens is 340 g/mol. The highest BCUT2D eigenvalue weighted by Gasteiger charge is 2.28. The number of benzene rings is 1. The lowest BCUT2D eigenvalue weighted by atomic mass is 10.0. The average molecular weight is 362 g/mol. The van der Waals surface area contributed by atoms with Crippen LogP contribution in [0, 0.1) is 0 Å². The second-order valence-corrected chi connectivity index (χ2v) is 6.63. The van der Waals surface area contributed by atoms with Gasteiger partial charge in [-0.3, -0.25) is 4.79 Å². The molecule has 1 aliphatic heterocycles. The lowest BCUT2D eigenvalue weighted by molar-refractivity contribution is 0.0701. The molecule has 0 fully saturated rings. The Morgan fingerprint density at radius 1 is 1.19 bits per heavy atom. The minimum Gasteiger partial charge on any atom is -0.459 e. The molecule has 0 bridgehead atoms. The van der Waals surface area contributed by atoms with Crippen molar-refractivity contribution in [2.24, 2.45) is 0 Å². The Morgan fingerprint density at radius 3 is 2.70 bits per heavy atom. The van der Waals surface area contributed by atoms with Gasteiger partial charge >= 0.3 is 0 Å². The van der Waals surface area contributed by atoms with Gasteiger partial charge in [-0.25, -0.2) is 9.97 Å². The van der Waals surface area contributed by atoms with Crippen molar-refractivity contribution < 1.29 is 9.21 Å². The molecule has 1 aliphatic rings. The molecule has 1 aromatic carbocycles. The fourth-order valence-electron chi connectivity index (χ4n) is 3.31. The van der Waals surface area contributed by atoms with Crippen LogP contribution in [0.15, 0.2) is 53.1 Å². The van der Waals surface area contributed by atoms with Crippen molar-refractivity contribution in [3.05, 3.63) is 65.7 Å². The maximum Gasteiger partial charge on any atom is 0.289 e. The van der Waals surface area contributed by atoms with E-state index in [0.717, 1.165) is 35.0 Å². The van der Waals surface area contributed by atoms with Crippen LogP contribution in [0.25, 0.3) is 11.4 Å². The number of hydrogen-bond donors (Lipinski definition) is 0. The van der Waals surface area contributed by atoms with E-state index in [9.17, 15) is 4.79 Å². The summed E-state index contributed by atoms with van der Waals surface area (Å²) < 4.78 is 5.28. The monoisotopic (exact) mass is 362 g/mol. The second kappa shape index (κ2) is 7.23. The van der Waals surface area contributed by atoms with Crippen LogP contribution in [0.4, 0.5) is 5.82 Å². The molecule has 6 heteroatoms. The molecule has 2 aromatic heterocycles. The molecule has 0 unspecified atom stereocenters. The number of anilines is 1. The quantitative estimate of drug-likeness (QED) is 0.712. The van der Waals surface area contributed by atoms with Gasteiger partial charge in [-0.1, -0.05) is 30.3 Å². The van der Waals surface area contributed by atoms with Crippen molar-refractivity contribution in [1.29, 1.82) is 0 Å². The number of furan rings is 1. The lowest BCUT2D eigenvalue weighted by Crippen LogP contribution is -2.37. The highest BCUT2D eigenvalue weighted by molar-refractivity contribution is 5.91. The SMILES string of the molecule is CCN(C)c1nc(-c2ccccc2)nc2c1CN(C(=O)c1ccco1)CC2. The van der Waals surface area contributed by atoms with E-state index in [0.29, 0.717) is 25.3 Å². The van der Waals surface area contributed by atoms with Crippen molar-refractivity contribution in [3.8, 4) is 11.4 Å². The Balaban J connectivity index is 1.73. The predicted molar refractivity (Wildman–Crippen MR) is 104 cm³/mol. The lowest BCUT2D eigenvalue weighted by Gasteiger charge is -2.31. The third kappa shape index (κ3) is 3.30. The zero-order valence-electron chi connectivity index (χ0n) is 15.6. The Hall–Kier alpha value is -3.15. The highest BCUT2D eigenvalue weighted by Crippen LogP contribution is 2.29. The van der Waals surface area contributed by atoms with Gasteiger partial charge in [0.15, 0.2) is 11.6 Å². The van der Waals surface area contributed by atoms with Crippen LogP contribution in [0.2, 0.25) is 0 Å². The van der Waals surface area contributed by atoms with Crippen LogP contribution in [-0.2, 0) is 13.0 Å². The molecule has 0 saturated heterocycles. The first-order valence-electron chi connectivity index (χ1n) is 9.16. The number of carbonyl (C=O) groups is 1. The van der Waals surface area contributed by atoms with Crippen LogP contribution in [-0.4, -0.2) is 40.9 Å². The summed E-state index contributed by atoms with van der Waals surface area (Å²) in [6, 6.07) is 13.4. The predicted octanol–water partition coefficient (Wildman–Crippen LogP) is 3.39. The van der Waals surface area contributed by atoms with Crippen molar-refractivity contribution in [2.75, 3.05) is 25.0 Å². The van der Waals surface area contributed by atoms with Gasteiger partial charge in [0.25, 0.3) is 5.91 Å². The maximum atomic E-state index is 12.7. The van der Waals surface area contributed by atoms with E-state index in [-0.39, 0.29) is 5.91 Å². The molecule has 3 heterocycles. The van der Waals surface area contributed by atoms with Gasteiger partial charge in [0.1, 0.15) is 5.82 Å². The summed E-state index contributed by atoms with van der Waals surface area (Å²) in [7, 11) is 2.02. The van der Waals surface area contributed by atoms with E-state index in [1.807, 2.05) is 37.4 Å². The number of amides is 1. The number of hydrogen-bond acceptors (Lipinski definition) is 5. The smallest absolute Gasteiger partial charge is 0.289 e. The molecule has 1 amide bonds.